The second-order valence-corrected chi connectivity index (χ2v) is 5.98. The predicted molar refractivity (Wildman–Crippen MR) is 77.2 cm³/mol. The van der Waals surface area contributed by atoms with E-state index in [1.807, 2.05) is 6.07 Å². The topological polar surface area (TPSA) is 89.3 Å². The molecule has 0 bridgehead atoms. The molecule has 0 fully saturated rings. The standard InChI is InChI=1S/C13H11ClN2O3S/c14-12-7-6-10(20(15,18)19)8-11(12)13(17)16-9-4-2-1-3-5-9/h1-8H,(H,16,17)(H2,15,18,19). The molecule has 0 aliphatic heterocycles. The Kier molecular flexibility index (Phi) is 4.08. The van der Waals surface area contributed by atoms with Crippen molar-refractivity contribution in [3.05, 3.63) is 59.1 Å². The molecule has 1 amide bonds. The Morgan fingerprint density at radius 1 is 1.10 bits per heavy atom. The van der Waals surface area contributed by atoms with Crippen LogP contribution in [0.15, 0.2) is 53.4 Å². The second kappa shape index (κ2) is 5.62. The zero-order valence-corrected chi connectivity index (χ0v) is 11.8. The van der Waals surface area contributed by atoms with Crippen LogP contribution < -0.4 is 10.5 Å². The summed E-state index contributed by atoms with van der Waals surface area (Å²) in [5.41, 5.74) is 0.622. The van der Waals surface area contributed by atoms with Gasteiger partial charge in [-0.2, -0.15) is 0 Å². The normalized spacial score (nSPS) is 11.1. The predicted octanol–water partition coefficient (Wildman–Crippen LogP) is 2.24. The van der Waals surface area contributed by atoms with Crippen molar-refractivity contribution in [3.8, 4) is 0 Å². The Balaban J connectivity index is 2.35. The minimum Gasteiger partial charge on any atom is -0.322 e. The molecule has 2 aromatic carbocycles. The number of nitrogens with two attached hydrogens (primary N) is 1. The van der Waals surface area contributed by atoms with E-state index in [1.165, 1.54) is 12.1 Å². The highest BCUT2D eigenvalue weighted by atomic mass is 35.5. The molecule has 0 unspecified atom stereocenters. The zero-order chi connectivity index (χ0) is 14.8. The summed E-state index contributed by atoms with van der Waals surface area (Å²) in [4.78, 5) is 11.9. The average Bonchev–Trinajstić information content (AvgIpc) is 2.39. The van der Waals surface area contributed by atoms with Crippen molar-refractivity contribution >= 4 is 33.2 Å². The summed E-state index contributed by atoms with van der Waals surface area (Å²) in [5, 5.41) is 7.79. The van der Waals surface area contributed by atoms with Crippen molar-refractivity contribution in [1.29, 1.82) is 0 Å². The fraction of sp³-hybridized carbons (Fsp3) is 0. The maximum Gasteiger partial charge on any atom is 0.257 e. The number of anilines is 1. The highest BCUT2D eigenvalue weighted by Crippen LogP contribution is 2.21. The Hall–Kier alpha value is -1.89. The number of hydrogen-bond acceptors (Lipinski definition) is 3. The summed E-state index contributed by atoms with van der Waals surface area (Å²) in [6, 6.07) is 12.5. The summed E-state index contributed by atoms with van der Waals surface area (Å²) < 4.78 is 22.6. The smallest absolute Gasteiger partial charge is 0.257 e. The van der Waals surface area contributed by atoms with Crippen molar-refractivity contribution in [3.63, 3.8) is 0 Å². The Labute approximate surface area is 121 Å². The van der Waals surface area contributed by atoms with Gasteiger partial charge in [0.05, 0.1) is 15.5 Å². The van der Waals surface area contributed by atoms with Gasteiger partial charge in [0.25, 0.3) is 5.91 Å². The fourth-order valence-electron chi connectivity index (χ4n) is 1.58. The number of carbonyl (C=O) groups excluding carboxylic acids is 1. The fourth-order valence-corrected chi connectivity index (χ4v) is 2.32. The van der Waals surface area contributed by atoms with Gasteiger partial charge in [-0.25, -0.2) is 13.6 Å². The van der Waals surface area contributed by atoms with Crippen LogP contribution >= 0.6 is 11.6 Å². The van der Waals surface area contributed by atoms with Gasteiger partial charge in [0.1, 0.15) is 0 Å². The summed E-state index contributed by atoms with van der Waals surface area (Å²) in [6.45, 7) is 0. The largest absolute Gasteiger partial charge is 0.322 e. The summed E-state index contributed by atoms with van der Waals surface area (Å²) >= 11 is 5.91. The van der Waals surface area contributed by atoms with Crippen LogP contribution in [0.1, 0.15) is 10.4 Å². The van der Waals surface area contributed by atoms with E-state index in [4.69, 9.17) is 16.7 Å². The Bertz CT molecular complexity index is 745. The van der Waals surface area contributed by atoms with Crippen molar-refractivity contribution in [2.24, 2.45) is 5.14 Å². The van der Waals surface area contributed by atoms with E-state index in [0.717, 1.165) is 6.07 Å². The first-order valence-electron chi connectivity index (χ1n) is 5.56. The average molecular weight is 311 g/mol. The molecule has 104 valence electrons. The van der Waals surface area contributed by atoms with Crippen LogP contribution in [-0.2, 0) is 10.0 Å². The van der Waals surface area contributed by atoms with E-state index < -0.39 is 15.9 Å². The number of amides is 1. The summed E-state index contributed by atoms with van der Waals surface area (Å²) in [7, 11) is -3.89. The third kappa shape index (κ3) is 3.36. The molecule has 0 saturated carbocycles. The van der Waals surface area contributed by atoms with Crippen LogP contribution in [0.2, 0.25) is 5.02 Å². The molecule has 0 aromatic heterocycles. The number of halogens is 1. The van der Waals surface area contributed by atoms with Crippen molar-refractivity contribution in [1.82, 2.24) is 0 Å². The first-order valence-corrected chi connectivity index (χ1v) is 7.49. The van der Waals surface area contributed by atoms with Crippen molar-refractivity contribution in [2.45, 2.75) is 4.90 Å². The first kappa shape index (κ1) is 14.5. The van der Waals surface area contributed by atoms with Crippen LogP contribution in [0.4, 0.5) is 5.69 Å². The van der Waals surface area contributed by atoms with Gasteiger partial charge < -0.3 is 5.32 Å². The van der Waals surface area contributed by atoms with Gasteiger partial charge in [0.2, 0.25) is 10.0 Å². The van der Waals surface area contributed by atoms with Crippen LogP contribution in [0.3, 0.4) is 0 Å². The molecule has 0 saturated heterocycles. The van der Waals surface area contributed by atoms with Gasteiger partial charge in [0, 0.05) is 5.69 Å². The number of rotatable bonds is 3. The monoisotopic (exact) mass is 310 g/mol. The van der Waals surface area contributed by atoms with E-state index >= 15 is 0 Å². The molecule has 20 heavy (non-hydrogen) atoms. The summed E-state index contributed by atoms with van der Waals surface area (Å²) in [6.07, 6.45) is 0. The molecule has 3 N–H and O–H groups in total. The molecular formula is C13H11ClN2O3S. The van der Waals surface area contributed by atoms with E-state index in [0.29, 0.717) is 5.69 Å². The Morgan fingerprint density at radius 2 is 1.75 bits per heavy atom. The van der Waals surface area contributed by atoms with Gasteiger partial charge in [-0.3, -0.25) is 4.79 Å². The number of carbonyl (C=O) groups is 1. The van der Waals surface area contributed by atoms with Gasteiger partial charge in [-0.05, 0) is 30.3 Å². The maximum atomic E-state index is 12.1. The SMILES string of the molecule is NS(=O)(=O)c1ccc(Cl)c(C(=O)Nc2ccccc2)c1. The van der Waals surface area contributed by atoms with Crippen LogP contribution in [0, 0.1) is 0 Å². The molecular weight excluding hydrogens is 300 g/mol. The molecule has 7 heteroatoms. The molecule has 0 aliphatic carbocycles. The Morgan fingerprint density at radius 3 is 2.35 bits per heavy atom. The lowest BCUT2D eigenvalue weighted by Crippen LogP contribution is -2.16. The van der Waals surface area contributed by atoms with E-state index in [-0.39, 0.29) is 15.5 Å². The molecule has 0 spiro atoms. The minimum absolute atomic E-state index is 0.0436. The lowest BCUT2D eigenvalue weighted by molar-refractivity contribution is 0.102. The number of para-hydroxylation sites is 1. The van der Waals surface area contributed by atoms with Crippen molar-refractivity contribution < 1.29 is 13.2 Å². The van der Waals surface area contributed by atoms with Crippen molar-refractivity contribution in [2.75, 3.05) is 5.32 Å². The van der Waals surface area contributed by atoms with Crippen LogP contribution in [0.25, 0.3) is 0 Å². The number of primary sulfonamides is 1. The lowest BCUT2D eigenvalue weighted by atomic mass is 10.2. The molecule has 0 heterocycles. The second-order valence-electron chi connectivity index (χ2n) is 4.01. The van der Waals surface area contributed by atoms with E-state index in [9.17, 15) is 13.2 Å². The molecule has 0 aliphatic rings. The quantitative estimate of drug-likeness (QED) is 0.911. The molecule has 2 rings (SSSR count). The third-order valence-electron chi connectivity index (χ3n) is 2.54. The highest BCUT2D eigenvalue weighted by molar-refractivity contribution is 7.89. The molecule has 0 radical (unpaired) electrons. The van der Waals surface area contributed by atoms with Gasteiger partial charge in [-0.15, -0.1) is 0 Å². The number of nitrogens with one attached hydrogen (secondary N) is 1. The van der Waals surface area contributed by atoms with Crippen LogP contribution in [-0.4, -0.2) is 14.3 Å². The van der Waals surface area contributed by atoms with E-state index in [1.54, 1.807) is 24.3 Å². The maximum absolute atomic E-state index is 12.1. The van der Waals surface area contributed by atoms with E-state index in [2.05, 4.69) is 5.32 Å². The highest BCUT2D eigenvalue weighted by Gasteiger charge is 2.15. The number of hydrogen-bond donors (Lipinski definition) is 2. The zero-order valence-electron chi connectivity index (χ0n) is 10.2. The minimum atomic E-state index is -3.89. The van der Waals surface area contributed by atoms with Gasteiger partial charge in [0.15, 0.2) is 0 Å². The first-order chi connectivity index (χ1) is 9.38. The van der Waals surface area contributed by atoms with Crippen LogP contribution in [0.5, 0.6) is 0 Å². The molecule has 2 aromatic rings. The summed E-state index contributed by atoms with van der Waals surface area (Å²) in [5.74, 6) is -0.508. The third-order valence-corrected chi connectivity index (χ3v) is 3.78. The molecule has 5 nitrogen and oxygen atoms in total. The van der Waals surface area contributed by atoms with Gasteiger partial charge >= 0.3 is 0 Å². The number of benzene rings is 2. The molecule has 0 atom stereocenters. The number of sulfonamides is 1. The van der Waals surface area contributed by atoms with Gasteiger partial charge in [-0.1, -0.05) is 29.8 Å². The lowest BCUT2D eigenvalue weighted by Gasteiger charge is -2.08.